The van der Waals surface area contributed by atoms with E-state index in [1.165, 1.54) is 10.9 Å². The fourth-order valence-electron chi connectivity index (χ4n) is 1.78. The Morgan fingerprint density at radius 1 is 1.26 bits per heavy atom. The molecule has 0 spiro atoms. The van der Waals surface area contributed by atoms with E-state index in [9.17, 15) is 5.11 Å². The standard InChI is InChI=1S/C12H14BrN3O3/c1-16-9(6-14-15-16)12(17)7-4-10(18-2)11(19-3)5-8(7)13/h4-6,12,17H,1-3H3. The van der Waals surface area contributed by atoms with E-state index >= 15 is 0 Å². The van der Waals surface area contributed by atoms with E-state index in [4.69, 9.17) is 9.47 Å². The molecule has 2 aromatic rings. The molecular formula is C12H14BrN3O3. The van der Waals surface area contributed by atoms with Gasteiger partial charge in [-0.2, -0.15) is 0 Å². The highest BCUT2D eigenvalue weighted by atomic mass is 79.9. The van der Waals surface area contributed by atoms with Crippen LogP contribution in [0.3, 0.4) is 0 Å². The van der Waals surface area contributed by atoms with Crippen molar-refractivity contribution in [2.45, 2.75) is 6.10 Å². The number of benzene rings is 1. The number of nitrogens with zero attached hydrogens (tertiary/aromatic N) is 3. The van der Waals surface area contributed by atoms with Crippen molar-refractivity contribution < 1.29 is 14.6 Å². The van der Waals surface area contributed by atoms with Gasteiger partial charge in [0.25, 0.3) is 0 Å². The summed E-state index contributed by atoms with van der Waals surface area (Å²) < 4.78 is 12.7. The second-order valence-electron chi connectivity index (χ2n) is 3.91. The Balaban J connectivity index is 2.48. The second-order valence-corrected chi connectivity index (χ2v) is 4.77. The van der Waals surface area contributed by atoms with Crippen molar-refractivity contribution >= 4 is 15.9 Å². The van der Waals surface area contributed by atoms with Gasteiger partial charge in [-0.05, 0) is 12.1 Å². The summed E-state index contributed by atoms with van der Waals surface area (Å²) in [4.78, 5) is 0. The van der Waals surface area contributed by atoms with Gasteiger partial charge in [-0.25, -0.2) is 4.68 Å². The quantitative estimate of drug-likeness (QED) is 0.925. The molecule has 0 aliphatic rings. The highest BCUT2D eigenvalue weighted by Crippen LogP contribution is 2.37. The first-order chi connectivity index (χ1) is 9.08. The average Bonchev–Trinajstić information content (AvgIpc) is 2.83. The van der Waals surface area contributed by atoms with E-state index in [0.717, 1.165) is 4.47 Å². The van der Waals surface area contributed by atoms with Crippen LogP contribution in [0.4, 0.5) is 0 Å². The monoisotopic (exact) mass is 327 g/mol. The van der Waals surface area contributed by atoms with Gasteiger partial charge in [-0.15, -0.1) is 5.10 Å². The lowest BCUT2D eigenvalue weighted by atomic mass is 10.1. The molecule has 1 unspecified atom stereocenters. The van der Waals surface area contributed by atoms with Crippen LogP contribution in [0.15, 0.2) is 22.8 Å². The van der Waals surface area contributed by atoms with Crippen molar-refractivity contribution in [1.29, 1.82) is 0 Å². The van der Waals surface area contributed by atoms with Crippen LogP contribution in [-0.4, -0.2) is 34.3 Å². The molecule has 2 rings (SSSR count). The molecule has 102 valence electrons. The Labute approximate surface area is 119 Å². The maximum atomic E-state index is 10.4. The minimum absolute atomic E-state index is 0.551. The van der Waals surface area contributed by atoms with Crippen LogP contribution in [0.5, 0.6) is 11.5 Å². The smallest absolute Gasteiger partial charge is 0.161 e. The number of aliphatic hydroxyl groups is 1. The van der Waals surface area contributed by atoms with E-state index in [-0.39, 0.29) is 0 Å². The predicted octanol–water partition coefficient (Wildman–Crippen LogP) is 1.68. The van der Waals surface area contributed by atoms with Crippen LogP contribution in [0.1, 0.15) is 17.4 Å². The average molecular weight is 328 g/mol. The minimum Gasteiger partial charge on any atom is -0.493 e. The van der Waals surface area contributed by atoms with Crippen LogP contribution in [-0.2, 0) is 7.05 Å². The number of rotatable bonds is 4. The number of hydrogen-bond acceptors (Lipinski definition) is 5. The van der Waals surface area contributed by atoms with Crippen molar-refractivity contribution in [3.05, 3.63) is 34.1 Å². The fourth-order valence-corrected chi connectivity index (χ4v) is 2.32. The highest BCUT2D eigenvalue weighted by Gasteiger charge is 2.20. The first-order valence-corrected chi connectivity index (χ1v) is 6.31. The zero-order chi connectivity index (χ0) is 14.0. The van der Waals surface area contributed by atoms with Crippen LogP contribution in [0.25, 0.3) is 0 Å². The summed E-state index contributed by atoms with van der Waals surface area (Å²) in [6.07, 6.45) is 0.669. The van der Waals surface area contributed by atoms with Gasteiger partial charge in [0.05, 0.1) is 26.1 Å². The number of methoxy groups -OCH3 is 2. The molecule has 0 saturated carbocycles. The molecule has 0 aliphatic heterocycles. The van der Waals surface area contributed by atoms with E-state index in [2.05, 4.69) is 26.2 Å². The highest BCUT2D eigenvalue weighted by molar-refractivity contribution is 9.10. The molecule has 1 heterocycles. The Hall–Kier alpha value is -1.60. The van der Waals surface area contributed by atoms with Gasteiger partial charge in [-0.1, -0.05) is 21.1 Å². The van der Waals surface area contributed by atoms with Gasteiger partial charge in [-0.3, -0.25) is 0 Å². The van der Waals surface area contributed by atoms with Gasteiger partial charge in [0.1, 0.15) is 6.10 Å². The molecule has 19 heavy (non-hydrogen) atoms. The number of aryl methyl sites for hydroxylation is 1. The van der Waals surface area contributed by atoms with Gasteiger partial charge < -0.3 is 14.6 Å². The molecule has 0 amide bonds. The lowest BCUT2D eigenvalue weighted by molar-refractivity contribution is 0.208. The Morgan fingerprint density at radius 2 is 1.89 bits per heavy atom. The Bertz CT molecular complexity index is 586. The summed E-state index contributed by atoms with van der Waals surface area (Å²) in [6.45, 7) is 0. The summed E-state index contributed by atoms with van der Waals surface area (Å²) in [5.74, 6) is 1.14. The topological polar surface area (TPSA) is 69.4 Å². The largest absolute Gasteiger partial charge is 0.493 e. The third kappa shape index (κ3) is 2.57. The molecule has 1 aromatic heterocycles. The van der Waals surface area contributed by atoms with Gasteiger partial charge in [0.2, 0.25) is 0 Å². The third-order valence-corrected chi connectivity index (χ3v) is 3.51. The van der Waals surface area contributed by atoms with Gasteiger partial charge >= 0.3 is 0 Å². The van der Waals surface area contributed by atoms with E-state index in [1.54, 1.807) is 33.4 Å². The molecule has 1 atom stereocenters. The van der Waals surface area contributed by atoms with Crippen molar-refractivity contribution in [2.24, 2.45) is 7.05 Å². The van der Waals surface area contributed by atoms with Crippen LogP contribution in [0.2, 0.25) is 0 Å². The summed E-state index contributed by atoms with van der Waals surface area (Å²) >= 11 is 3.42. The second kappa shape index (κ2) is 5.58. The van der Waals surface area contributed by atoms with Crippen molar-refractivity contribution in [3.8, 4) is 11.5 Å². The van der Waals surface area contributed by atoms with Crippen LogP contribution >= 0.6 is 15.9 Å². The maximum absolute atomic E-state index is 10.4. The minimum atomic E-state index is -0.853. The first-order valence-electron chi connectivity index (χ1n) is 5.52. The molecule has 0 fully saturated rings. The summed E-state index contributed by atoms with van der Waals surface area (Å²) in [7, 11) is 4.83. The number of aromatic nitrogens is 3. The predicted molar refractivity (Wildman–Crippen MR) is 72.3 cm³/mol. The van der Waals surface area contributed by atoms with E-state index in [0.29, 0.717) is 22.8 Å². The summed E-state index contributed by atoms with van der Waals surface area (Å²) in [6, 6.07) is 3.47. The molecule has 0 aliphatic carbocycles. The van der Waals surface area contributed by atoms with Crippen molar-refractivity contribution in [3.63, 3.8) is 0 Å². The SMILES string of the molecule is COc1cc(Br)c(C(O)c2cnnn2C)cc1OC. The fraction of sp³-hybridized carbons (Fsp3) is 0.333. The zero-order valence-electron chi connectivity index (χ0n) is 10.8. The Morgan fingerprint density at radius 3 is 2.42 bits per heavy atom. The maximum Gasteiger partial charge on any atom is 0.161 e. The number of aliphatic hydroxyl groups excluding tert-OH is 1. The van der Waals surface area contributed by atoms with Gasteiger partial charge in [0, 0.05) is 17.1 Å². The van der Waals surface area contributed by atoms with Crippen LogP contribution < -0.4 is 9.47 Å². The van der Waals surface area contributed by atoms with Gasteiger partial charge in [0.15, 0.2) is 11.5 Å². The third-order valence-electron chi connectivity index (χ3n) is 2.83. The van der Waals surface area contributed by atoms with Crippen molar-refractivity contribution in [1.82, 2.24) is 15.0 Å². The zero-order valence-corrected chi connectivity index (χ0v) is 12.4. The summed E-state index contributed by atoms with van der Waals surface area (Å²) in [5.41, 5.74) is 1.25. The molecule has 7 heteroatoms. The molecule has 0 bridgehead atoms. The molecule has 0 saturated heterocycles. The van der Waals surface area contributed by atoms with Crippen molar-refractivity contribution in [2.75, 3.05) is 14.2 Å². The molecular weight excluding hydrogens is 314 g/mol. The van der Waals surface area contributed by atoms with E-state index < -0.39 is 6.10 Å². The molecule has 6 nitrogen and oxygen atoms in total. The Kier molecular flexibility index (Phi) is 4.06. The lowest BCUT2D eigenvalue weighted by Gasteiger charge is -2.16. The van der Waals surface area contributed by atoms with Crippen LogP contribution in [0, 0.1) is 0 Å². The number of halogens is 1. The number of hydrogen-bond donors (Lipinski definition) is 1. The summed E-state index contributed by atoms with van der Waals surface area (Å²) in [5, 5.41) is 18.0. The van der Waals surface area contributed by atoms with E-state index in [1.807, 2.05) is 0 Å². The lowest BCUT2D eigenvalue weighted by Crippen LogP contribution is -2.08. The first kappa shape index (κ1) is 13.8. The molecule has 1 N–H and O–H groups in total. The normalized spacial score (nSPS) is 12.3. The number of ether oxygens (including phenoxy) is 2. The molecule has 1 aromatic carbocycles. The molecule has 0 radical (unpaired) electrons.